The highest BCUT2D eigenvalue weighted by molar-refractivity contribution is 6.32. The summed E-state index contributed by atoms with van der Waals surface area (Å²) in [6.07, 6.45) is 0. The van der Waals surface area contributed by atoms with Crippen LogP contribution in [0.25, 0.3) is 4.85 Å². The van der Waals surface area contributed by atoms with Crippen molar-refractivity contribution in [3.8, 4) is 5.75 Å². The Balaban J connectivity index is 2.12. The minimum atomic E-state index is 0.446. The second kappa shape index (κ2) is 5.38. The van der Waals surface area contributed by atoms with Crippen molar-refractivity contribution in [2.75, 3.05) is 0 Å². The summed E-state index contributed by atoms with van der Waals surface area (Å²) in [7, 11) is 0. The summed E-state index contributed by atoms with van der Waals surface area (Å²) in [6.45, 7) is 7.38. The highest BCUT2D eigenvalue weighted by atomic mass is 35.5. The summed E-state index contributed by atoms with van der Waals surface area (Å²) in [6, 6.07) is 14.8. The summed E-state index contributed by atoms with van der Waals surface area (Å²) in [5, 5.41) is 0.522. The van der Waals surface area contributed by atoms with Crippen molar-refractivity contribution in [3.63, 3.8) is 0 Å². The van der Waals surface area contributed by atoms with Gasteiger partial charge >= 0.3 is 0 Å². The summed E-state index contributed by atoms with van der Waals surface area (Å²) in [5.74, 6) is 0.545. The molecule has 0 aliphatic heterocycles. The van der Waals surface area contributed by atoms with E-state index in [1.54, 1.807) is 18.2 Å². The number of rotatable bonds is 3. The lowest BCUT2D eigenvalue weighted by Crippen LogP contribution is -1.95. The fourth-order valence-corrected chi connectivity index (χ4v) is 1.58. The van der Waals surface area contributed by atoms with Gasteiger partial charge in [-0.1, -0.05) is 54.1 Å². The Bertz CT molecular complexity index is 546. The molecule has 2 aromatic carbocycles. The third kappa shape index (κ3) is 2.99. The number of hydrogen-bond acceptors (Lipinski definition) is 1. The average Bonchev–Trinajstić information content (AvgIpc) is 2.39. The lowest BCUT2D eigenvalue weighted by Gasteiger charge is -2.08. The molecule has 0 N–H and O–H groups in total. The van der Waals surface area contributed by atoms with Crippen LogP contribution in [0.5, 0.6) is 5.75 Å². The van der Waals surface area contributed by atoms with Crippen LogP contribution in [0, 0.1) is 6.57 Å². The smallest absolute Gasteiger partial charge is 0.190 e. The molecule has 0 heterocycles. The lowest BCUT2D eigenvalue weighted by atomic mass is 10.2. The minimum Gasteiger partial charge on any atom is -0.489 e. The first-order valence-corrected chi connectivity index (χ1v) is 5.51. The molecule has 0 saturated carbocycles. The Labute approximate surface area is 105 Å². The third-order valence-electron chi connectivity index (χ3n) is 2.28. The molecular weight excluding hydrogens is 234 g/mol. The first kappa shape index (κ1) is 11.5. The molecule has 0 atom stereocenters. The van der Waals surface area contributed by atoms with Crippen molar-refractivity contribution < 1.29 is 4.74 Å². The van der Waals surface area contributed by atoms with Crippen LogP contribution in [0.2, 0.25) is 5.02 Å². The minimum absolute atomic E-state index is 0.446. The first-order chi connectivity index (χ1) is 8.29. The quantitative estimate of drug-likeness (QED) is 0.725. The van der Waals surface area contributed by atoms with Crippen molar-refractivity contribution in [1.29, 1.82) is 0 Å². The first-order valence-electron chi connectivity index (χ1n) is 5.13. The van der Waals surface area contributed by atoms with Gasteiger partial charge in [0.05, 0.1) is 11.6 Å². The zero-order valence-electron chi connectivity index (χ0n) is 9.06. The molecule has 3 heteroatoms. The Morgan fingerprint density at radius 1 is 1.12 bits per heavy atom. The molecule has 0 aromatic heterocycles. The zero-order chi connectivity index (χ0) is 12.1. The molecule has 0 saturated heterocycles. The predicted molar refractivity (Wildman–Crippen MR) is 68.5 cm³/mol. The van der Waals surface area contributed by atoms with Crippen molar-refractivity contribution in [2.45, 2.75) is 6.61 Å². The van der Waals surface area contributed by atoms with Crippen LogP contribution in [-0.2, 0) is 6.61 Å². The molecular formula is C14H10ClNO. The van der Waals surface area contributed by atoms with Crippen molar-refractivity contribution in [1.82, 2.24) is 0 Å². The molecule has 0 bridgehead atoms. The van der Waals surface area contributed by atoms with E-state index in [0.29, 0.717) is 23.1 Å². The van der Waals surface area contributed by atoms with Gasteiger partial charge in [-0.25, -0.2) is 4.85 Å². The van der Waals surface area contributed by atoms with Crippen LogP contribution in [0.1, 0.15) is 5.56 Å². The highest BCUT2D eigenvalue weighted by Crippen LogP contribution is 2.29. The number of nitrogens with zero attached hydrogens (tertiary/aromatic N) is 1. The predicted octanol–water partition coefficient (Wildman–Crippen LogP) is 4.47. The monoisotopic (exact) mass is 243 g/mol. The fourth-order valence-electron chi connectivity index (χ4n) is 1.41. The summed E-state index contributed by atoms with van der Waals surface area (Å²) in [4.78, 5) is 3.34. The van der Waals surface area contributed by atoms with Crippen LogP contribution in [0.4, 0.5) is 5.69 Å². The second-order valence-electron chi connectivity index (χ2n) is 3.50. The zero-order valence-corrected chi connectivity index (χ0v) is 9.82. The van der Waals surface area contributed by atoms with Crippen molar-refractivity contribution in [3.05, 3.63) is 70.5 Å². The van der Waals surface area contributed by atoms with Gasteiger partial charge in [0, 0.05) is 0 Å². The third-order valence-corrected chi connectivity index (χ3v) is 2.59. The van der Waals surface area contributed by atoms with Crippen molar-refractivity contribution in [2.24, 2.45) is 0 Å². The molecule has 0 fully saturated rings. The summed E-state index contributed by atoms with van der Waals surface area (Å²) < 4.78 is 5.59. The Morgan fingerprint density at radius 2 is 1.88 bits per heavy atom. The van der Waals surface area contributed by atoms with E-state index in [1.807, 2.05) is 30.3 Å². The maximum absolute atomic E-state index is 6.93. The lowest BCUT2D eigenvalue weighted by molar-refractivity contribution is 0.306. The van der Waals surface area contributed by atoms with E-state index < -0.39 is 0 Å². The van der Waals surface area contributed by atoms with Crippen LogP contribution < -0.4 is 4.74 Å². The van der Waals surface area contributed by atoms with Crippen LogP contribution in [-0.4, -0.2) is 0 Å². The molecule has 2 rings (SSSR count). The van der Waals surface area contributed by atoms with Gasteiger partial charge in [0.15, 0.2) is 5.69 Å². The largest absolute Gasteiger partial charge is 0.489 e. The highest BCUT2D eigenvalue weighted by Gasteiger charge is 2.03. The van der Waals surface area contributed by atoms with E-state index in [9.17, 15) is 0 Å². The normalized spacial score (nSPS) is 9.65. The maximum atomic E-state index is 6.93. The molecule has 2 aromatic rings. The molecule has 2 nitrogen and oxygen atoms in total. The number of hydrogen-bond donors (Lipinski definition) is 0. The molecule has 0 unspecified atom stereocenters. The van der Waals surface area contributed by atoms with Gasteiger partial charge in [-0.3, -0.25) is 0 Å². The molecule has 0 aliphatic rings. The van der Waals surface area contributed by atoms with Gasteiger partial charge in [-0.05, 0) is 11.6 Å². The van der Waals surface area contributed by atoms with Crippen LogP contribution in [0.3, 0.4) is 0 Å². The number of ether oxygens (including phenoxy) is 1. The van der Waals surface area contributed by atoms with Gasteiger partial charge in [-0.2, -0.15) is 0 Å². The van der Waals surface area contributed by atoms with E-state index in [2.05, 4.69) is 4.85 Å². The topological polar surface area (TPSA) is 13.6 Å². The van der Waals surface area contributed by atoms with Gasteiger partial charge in [-0.15, -0.1) is 0 Å². The summed E-state index contributed by atoms with van der Waals surface area (Å²) >= 11 is 5.99. The Morgan fingerprint density at radius 3 is 2.59 bits per heavy atom. The fraction of sp³-hybridized carbons (Fsp3) is 0.0714. The van der Waals surface area contributed by atoms with Crippen LogP contribution >= 0.6 is 11.6 Å². The average molecular weight is 244 g/mol. The second-order valence-corrected chi connectivity index (χ2v) is 3.91. The molecule has 0 spiro atoms. The Hall–Kier alpha value is -1.98. The number of halogens is 1. The van der Waals surface area contributed by atoms with Gasteiger partial charge in [0.2, 0.25) is 0 Å². The molecule has 0 aliphatic carbocycles. The van der Waals surface area contributed by atoms with E-state index in [-0.39, 0.29) is 0 Å². The Kier molecular flexibility index (Phi) is 3.64. The molecule has 0 amide bonds. The van der Waals surface area contributed by atoms with E-state index in [4.69, 9.17) is 22.9 Å². The van der Waals surface area contributed by atoms with E-state index in [0.717, 1.165) is 5.56 Å². The maximum Gasteiger partial charge on any atom is 0.190 e. The SMILES string of the molecule is [C-]#[N+]c1ccc(Cl)c(OCc2ccccc2)c1. The van der Waals surface area contributed by atoms with Gasteiger partial charge in [0.25, 0.3) is 0 Å². The summed E-state index contributed by atoms with van der Waals surface area (Å²) in [5.41, 5.74) is 1.59. The molecule has 84 valence electrons. The van der Waals surface area contributed by atoms with Gasteiger partial charge in [0.1, 0.15) is 12.4 Å². The number of benzene rings is 2. The standard InChI is InChI=1S/C14H10ClNO/c1-16-12-7-8-13(15)14(9-12)17-10-11-5-3-2-4-6-11/h2-9H,10H2. The van der Waals surface area contributed by atoms with Gasteiger partial charge < -0.3 is 4.74 Å². The van der Waals surface area contributed by atoms with E-state index in [1.165, 1.54) is 0 Å². The van der Waals surface area contributed by atoms with Crippen LogP contribution in [0.15, 0.2) is 48.5 Å². The molecule has 17 heavy (non-hydrogen) atoms. The van der Waals surface area contributed by atoms with E-state index >= 15 is 0 Å². The van der Waals surface area contributed by atoms with Crippen molar-refractivity contribution >= 4 is 17.3 Å². The molecule has 0 radical (unpaired) electrons.